The SMILES string of the molecule is [NH3+]CCCCCC(=O)c1ccncc1. The van der Waals surface area contributed by atoms with Crippen LogP contribution in [0, 0.1) is 0 Å². The minimum atomic E-state index is 0.219. The Labute approximate surface area is 84.3 Å². The number of ketones is 1. The molecular formula is C11H17N2O+. The summed E-state index contributed by atoms with van der Waals surface area (Å²) in [4.78, 5) is 15.4. The van der Waals surface area contributed by atoms with Crippen molar-refractivity contribution in [2.24, 2.45) is 0 Å². The second-order valence-electron chi connectivity index (χ2n) is 3.32. The minimum Gasteiger partial charge on any atom is -0.358 e. The molecule has 0 aliphatic rings. The number of Topliss-reactive ketones (excluding diaryl/α,β-unsaturated/α-hetero) is 1. The van der Waals surface area contributed by atoms with Gasteiger partial charge in [-0.15, -0.1) is 0 Å². The molecule has 0 aliphatic carbocycles. The van der Waals surface area contributed by atoms with Gasteiger partial charge in [0.2, 0.25) is 0 Å². The smallest absolute Gasteiger partial charge is 0.162 e. The lowest BCUT2D eigenvalue weighted by Crippen LogP contribution is -2.50. The van der Waals surface area contributed by atoms with Gasteiger partial charge in [0.25, 0.3) is 0 Å². The van der Waals surface area contributed by atoms with E-state index in [-0.39, 0.29) is 5.78 Å². The Morgan fingerprint density at radius 2 is 1.93 bits per heavy atom. The van der Waals surface area contributed by atoms with Crippen molar-refractivity contribution in [3.63, 3.8) is 0 Å². The van der Waals surface area contributed by atoms with E-state index in [0.717, 1.165) is 31.4 Å². The summed E-state index contributed by atoms with van der Waals surface area (Å²) in [6, 6.07) is 3.54. The van der Waals surface area contributed by atoms with Gasteiger partial charge in [-0.25, -0.2) is 0 Å². The maximum Gasteiger partial charge on any atom is 0.162 e. The van der Waals surface area contributed by atoms with Gasteiger partial charge in [0.15, 0.2) is 5.78 Å². The number of pyridine rings is 1. The largest absolute Gasteiger partial charge is 0.358 e. The molecule has 0 unspecified atom stereocenters. The van der Waals surface area contributed by atoms with Gasteiger partial charge >= 0.3 is 0 Å². The third-order valence-corrected chi connectivity index (χ3v) is 2.16. The van der Waals surface area contributed by atoms with Gasteiger partial charge in [-0.05, 0) is 31.4 Å². The van der Waals surface area contributed by atoms with Gasteiger partial charge in [0.1, 0.15) is 0 Å². The van der Waals surface area contributed by atoms with E-state index in [1.807, 2.05) is 0 Å². The molecule has 0 aliphatic heterocycles. The maximum atomic E-state index is 11.6. The molecular weight excluding hydrogens is 176 g/mol. The minimum absolute atomic E-state index is 0.219. The summed E-state index contributed by atoms with van der Waals surface area (Å²) >= 11 is 0. The molecule has 0 aromatic carbocycles. The number of carbonyl (C=O) groups is 1. The van der Waals surface area contributed by atoms with Crippen LogP contribution in [0.1, 0.15) is 36.0 Å². The van der Waals surface area contributed by atoms with Gasteiger partial charge < -0.3 is 5.73 Å². The lowest BCUT2D eigenvalue weighted by Gasteiger charge is -1.99. The average Bonchev–Trinajstić information content (AvgIpc) is 2.25. The number of rotatable bonds is 6. The zero-order valence-electron chi connectivity index (χ0n) is 8.41. The van der Waals surface area contributed by atoms with Crippen LogP contribution in [0.4, 0.5) is 0 Å². The molecule has 0 radical (unpaired) electrons. The number of carbonyl (C=O) groups excluding carboxylic acids is 1. The lowest BCUT2D eigenvalue weighted by atomic mass is 10.1. The molecule has 3 nitrogen and oxygen atoms in total. The molecule has 1 rings (SSSR count). The summed E-state index contributed by atoms with van der Waals surface area (Å²) in [6.45, 7) is 0.962. The van der Waals surface area contributed by atoms with E-state index in [4.69, 9.17) is 0 Å². The number of quaternary nitrogens is 1. The van der Waals surface area contributed by atoms with Crippen LogP contribution in [0.5, 0.6) is 0 Å². The van der Waals surface area contributed by atoms with Gasteiger partial charge in [-0.2, -0.15) is 0 Å². The van der Waals surface area contributed by atoms with E-state index < -0.39 is 0 Å². The van der Waals surface area contributed by atoms with Crippen LogP contribution in [0.25, 0.3) is 0 Å². The van der Waals surface area contributed by atoms with Crippen LogP contribution in [0.15, 0.2) is 24.5 Å². The topological polar surface area (TPSA) is 57.6 Å². The predicted molar refractivity (Wildman–Crippen MR) is 54.8 cm³/mol. The fraction of sp³-hybridized carbons (Fsp3) is 0.455. The van der Waals surface area contributed by atoms with E-state index >= 15 is 0 Å². The first-order valence-electron chi connectivity index (χ1n) is 5.07. The molecule has 14 heavy (non-hydrogen) atoms. The third kappa shape index (κ3) is 3.66. The molecule has 0 spiro atoms. The van der Waals surface area contributed by atoms with E-state index in [0.29, 0.717) is 6.42 Å². The molecule has 0 saturated heterocycles. The van der Waals surface area contributed by atoms with Crippen molar-refractivity contribution in [1.82, 2.24) is 4.98 Å². The van der Waals surface area contributed by atoms with Gasteiger partial charge in [-0.3, -0.25) is 9.78 Å². The number of hydrogen-bond acceptors (Lipinski definition) is 2. The molecule has 3 heteroatoms. The van der Waals surface area contributed by atoms with E-state index in [1.54, 1.807) is 24.5 Å². The highest BCUT2D eigenvalue weighted by molar-refractivity contribution is 5.95. The van der Waals surface area contributed by atoms with Crippen molar-refractivity contribution in [2.45, 2.75) is 25.7 Å². The summed E-state index contributed by atoms with van der Waals surface area (Å²) < 4.78 is 0. The van der Waals surface area contributed by atoms with Crippen LogP contribution in [0.3, 0.4) is 0 Å². The van der Waals surface area contributed by atoms with Gasteiger partial charge in [0, 0.05) is 24.4 Å². The molecule has 3 N–H and O–H groups in total. The van der Waals surface area contributed by atoms with Crippen LogP contribution >= 0.6 is 0 Å². The van der Waals surface area contributed by atoms with Gasteiger partial charge in [0.05, 0.1) is 6.54 Å². The second-order valence-corrected chi connectivity index (χ2v) is 3.32. The quantitative estimate of drug-likeness (QED) is 0.542. The molecule has 1 aromatic rings. The molecule has 1 aromatic heterocycles. The number of hydrogen-bond donors (Lipinski definition) is 1. The van der Waals surface area contributed by atoms with Crippen molar-refractivity contribution in [3.05, 3.63) is 30.1 Å². The summed E-state index contributed by atoms with van der Waals surface area (Å²) in [5.41, 5.74) is 4.54. The second kappa shape index (κ2) is 6.27. The standard InChI is InChI=1S/C11H16N2O/c12-7-3-1-2-4-11(14)10-5-8-13-9-6-10/h5-6,8-9H,1-4,7,12H2/p+1. The normalized spacial score (nSPS) is 10.1. The maximum absolute atomic E-state index is 11.6. The van der Waals surface area contributed by atoms with E-state index in [1.165, 1.54) is 0 Å². The molecule has 76 valence electrons. The molecule has 0 saturated carbocycles. The Morgan fingerprint density at radius 1 is 1.21 bits per heavy atom. The fourth-order valence-corrected chi connectivity index (χ4v) is 1.32. The van der Waals surface area contributed by atoms with Crippen LogP contribution in [-0.4, -0.2) is 17.3 Å². The number of unbranched alkanes of at least 4 members (excludes halogenated alkanes) is 2. The highest BCUT2D eigenvalue weighted by Crippen LogP contribution is 2.06. The monoisotopic (exact) mass is 193 g/mol. The van der Waals surface area contributed by atoms with Gasteiger partial charge in [-0.1, -0.05) is 0 Å². The molecule has 0 atom stereocenters. The molecule has 1 heterocycles. The lowest BCUT2D eigenvalue weighted by molar-refractivity contribution is -0.368. The Balaban J connectivity index is 2.29. The summed E-state index contributed by atoms with van der Waals surface area (Å²) in [7, 11) is 0. The Morgan fingerprint density at radius 3 is 2.57 bits per heavy atom. The number of aromatic nitrogens is 1. The number of nitrogens with zero attached hydrogens (tertiary/aromatic N) is 1. The van der Waals surface area contributed by atoms with E-state index in [9.17, 15) is 4.79 Å². The van der Waals surface area contributed by atoms with Crippen LogP contribution in [0.2, 0.25) is 0 Å². The fourth-order valence-electron chi connectivity index (χ4n) is 1.32. The van der Waals surface area contributed by atoms with Crippen molar-refractivity contribution < 1.29 is 10.5 Å². The van der Waals surface area contributed by atoms with E-state index in [2.05, 4.69) is 10.7 Å². The highest BCUT2D eigenvalue weighted by Gasteiger charge is 2.03. The van der Waals surface area contributed by atoms with Crippen molar-refractivity contribution in [1.29, 1.82) is 0 Å². The first-order valence-corrected chi connectivity index (χ1v) is 5.07. The highest BCUT2D eigenvalue weighted by atomic mass is 16.1. The Hall–Kier alpha value is -1.22. The predicted octanol–water partition coefficient (Wildman–Crippen LogP) is 1.07. The van der Waals surface area contributed by atoms with Crippen molar-refractivity contribution in [3.8, 4) is 0 Å². The Bertz CT molecular complexity index is 272. The molecule has 0 bridgehead atoms. The van der Waals surface area contributed by atoms with Crippen LogP contribution < -0.4 is 5.73 Å². The zero-order valence-corrected chi connectivity index (χ0v) is 8.41. The van der Waals surface area contributed by atoms with Crippen molar-refractivity contribution >= 4 is 5.78 Å². The van der Waals surface area contributed by atoms with Crippen LogP contribution in [-0.2, 0) is 0 Å². The average molecular weight is 193 g/mol. The molecule has 0 fully saturated rings. The van der Waals surface area contributed by atoms with Crippen molar-refractivity contribution in [2.75, 3.05) is 6.54 Å². The Kier molecular flexibility index (Phi) is 4.86. The first-order chi connectivity index (χ1) is 6.84. The first kappa shape index (κ1) is 10.9. The zero-order chi connectivity index (χ0) is 10.2. The summed E-state index contributed by atoms with van der Waals surface area (Å²) in [5.74, 6) is 0.219. The summed E-state index contributed by atoms with van der Waals surface area (Å²) in [6.07, 6.45) is 7.14. The molecule has 0 amide bonds. The summed E-state index contributed by atoms with van der Waals surface area (Å²) in [5, 5.41) is 0. The third-order valence-electron chi connectivity index (χ3n) is 2.16.